The summed E-state index contributed by atoms with van der Waals surface area (Å²) < 4.78 is 32.7. The number of sulfonamides is 1. The van der Waals surface area contributed by atoms with E-state index in [2.05, 4.69) is 10.0 Å². The first kappa shape index (κ1) is 23.0. The molecule has 3 aromatic carbocycles. The fourth-order valence-corrected chi connectivity index (χ4v) is 4.66. The second-order valence-electron chi connectivity index (χ2n) is 6.56. The molecule has 3 aromatic rings. The van der Waals surface area contributed by atoms with Gasteiger partial charge in [-0.05, 0) is 79.7 Å². The van der Waals surface area contributed by atoms with Gasteiger partial charge in [-0.3, -0.25) is 9.52 Å². The van der Waals surface area contributed by atoms with Crippen molar-refractivity contribution in [1.29, 1.82) is 0 Å². The van der Waals surface area contributed by atoms with Crippen LogP contribution >= 0.6 is 23.4 Å². The molecule has 3 rings (SSSR count). The zero-order valence-corrected chi connectivity index (χ0v) is 19.2. The van der Waals surface area contributed by atoms with Crippen LogP contribution < -0.4 is 14.8 Å². The Kier molecular flexibility index (Phi) is 7.48. The van der Waals surface area contributed by atoms with E-state index in [-0.39, 0.29) is 16.1 Å². The molecule has 9 heteroatoms. The highest BCUT2D eigenvalue weighted by atomic mass is 35.5. The number of methoxy groups -OCH3 is 1. The number of amides is 1. The van der Waals surface area contributed by atoms with Gasteiger partial charge in [0.2, 0.25) is 5.91 Å². The van der Waals surface area contributed by atoms with Gasteiger partial charge >= 0.3 is 0 Å². The van der Waals surface area contributed by atoms with E-state index in [1.165, 1.54) is 23.9 Å². The SMILES string of the molecule is COc1ccc(SC(C)C(=O)Nc2ccc(S(=O)(=O)Nc3ccc(Cl)cc3)cc2)cc1. The summed E-state index contributed by atoms with van der Waals surface area (Å²) in [5.41, 5.74) is 0.920. The zero-order chi connectivity index (χ0) is 22.4. The smallest absolute Gasteiger partial charge is 0.261 e. The Morgan fingerprint density at radius 3 is 2.10 bits per heavy atom. The molecule has 0 spiro atoms. The number of carbonyl (C=O) groups is 1. The minimum Gasteiger partial charge on any atom is -0.497 e. The number of anilines is 2. The van der Waals surface area contributed by atoms with Crippen LogP contribution in [-0.2, 0) is 14.8 Å². The maximum atomic E-state index is 12.5. The molecular formula is C22H21ClN2O4S2. The van der Waals surface area contributed by atoms with Crippen LogP contribution in [0.3, 0.4) is 0 Å². The first-order chi connectivity index (χ1) is 14.8. The van der Waals surface area contributed by atoms with Gasteiger partial charge in [-0.15, -0.1) is 11.8 Å². The van der Waals surface area contributed by atoms with E-state index in [9.17, 15) is 13.2 Å². The molecule has 0 aliphatic heterocycles. The van der Waals surface area contributed by atoms with Crippen molar-refractivity contribution < 1.29 is 17.9 Å². The molecule has 2 N–H and O–H groups in total. The van der Waals surface area contributed by atoms with Crippen molar-refractivity contribution in [2.24, 2.45) is 0 Å². The van der Waals surface area contributed by atoms with Crippen molar-refractivity contribution in [1.82, 2.24) is 0 Å². The zero-order valence-electron chi connectivity index (χ0n) is 16.8. The summed E-state index contributed by atoms with van der Waals surface area (Å²) in [7, 11) is -2.15. The van der Waals surface area contributed by atoms with Gasteiger partial charge in [0.05, 0.1) is 17.3 Å². The molecule has 0 aliphatic rings. The molecule has 1 amide bonds. The monoisotopic (exact) mass is 476 g/mol. The van der Waals surface area contributed by atoms with Crippen LogP contribution in [0.1, 0.15) is 6.92 Å². The third-order valence-corrected chi connectivity index (χ3v) is 7.03. The van der Waals surface area contributed by atoms with Gasteiger partial charge in [0.25, 0.3) is 10.0 Å². The highest BCUT2D eigenvalue weighted by Gasteiger charge is 2.17. The molecule has 0 aliphatic carbocycles. The van der Waals surface area contributed by atoms with Crippen molar-refractivity contribution in [3.05, 3.63) is 77.8 Å². The second-order valence-corrected chi connectivity index (χ2v) is 10.1. The van der Waals surface area contributed by atoms with Crippen LogP contribution in [0.15, 0.2) is 82.6 Å². The molecule has 0 bridgehead atoms. The van der Waals surface area contributed by atoms with Gasteiger partial charge in [-0.1, -0.05) is 11.6 Å². The van der Waals surface area contributed by atoms with E-state index in [1.807, 2.05) is 24.3 Å². The number of carbonyl (C=O) groups excluding carboxylic acids is 1. The van der Waals surface area contributed by atoms with Gasteiger partial charge < -0.3 is 10.1 Å². The number of halogens is 1. The summed E-state index contributed by atoms with van der Waals surface area (Å²) in [5.74, 6) is 0.567. The Labute approximate surface area is 191 Å². The fourth-order valence-electron chi connectivity index (χ4n) is 2.61. The third-order valence-electron chi connectivity index (χ3n) is 4.27. The lowest BCUT2D eigenvalue weighted by Gasteiger charge is -2.13. The lowest BCUT2D eigenvalue weighted by atomic mass is 10.3. The quantitative estimate of drug-likeness (QED) is 0.433. The molecule has 1 atom stereocenters. The molecule has 1 unspecified atom stereocenters. The van der Waals surface area contributed by atoms with Crippen molar-refractivity contribution in [3.8, 4) is 5.75 Å². The average Bonchev–Trinajstić information content (AvgIpc) is 2.76. The molecule has 0 saturated carbocycles. The summed E-state index contributed by atoms with van der Waals surface area (Å²) in [6.07, 6.45) is 0. The molecule has 0 heterocycles. The van der Waals surface area contributed by atoms with Crippen molar-refractivity contribution in [2.45, 2.75) is 22.0 Å². The molecule has 31 heavy (non-hydrogen) atoms. The minimum atomic E-state index is -3.75. The Morgan fingerprint density at radius 2 is 1.52 bits per heavy atom. The van der Waals surface area contributed by atoms with Gasteiger partial charge in [-0.2, -0.15) is 0 Å². The van der Waals surface area contributed by atoms with Gasteiger partial charge in [0.1, 0.15) is 5.75 Å². The minimum absolute atomic E-state index is 0.0844. The summed E-state index contributed by atoms with van der Waals surface area (Å²) in [6, 6.07) is 19.8. The predicted molar refractivity (Wildman–Crippen MR) is 126 cm³/mol. The average molecular weight is 477 g/mol. The molecule has 162 valence electrons. The number of thioether (sulfide) groups is 1. The highest BCUT2D eigenvalue weighted by Crippen LogP contribution is 2.26. The first-order valence-corrected chi connectivity index (χ1v) is 12.0. The molecule has 6 nitrogen and oxygen atoms in total. The lowest BCUT2D eigenvalue weighted by Crippen LogP contribution is -2.22. The van der Waals surface area contributed by atoms with E-state index in [0.717, 1.165) is 10.6 Å². The number of rotatable bonds is 8. The number of nitrogens with one attached hydrogen (secondary N) is 2. The fraction of sp³-hybridized carbons (Fsp3) is 0.136. The van der Waals surface area contributed by atoms with Crippen molar-refractivity contribution in [3.63, 3.8) is 0 Å². The maximum Gasteiger partial charge on any atom is 0.261 e. The Morgan fingerprint density at radius 1 is 0.935 bits per heavy atom. The van der Waals surface area contributed by atoms with Crippen LogP contribution in [0, 0.1) is 0 Å². The topological polar surface area (TPSA) is 84.5 Å². The van der Waals surface area contributed by atoms with Gasteiger partial charge in [0, 0.05) is 21.3 Å². The van der Waals surface area contributed by atoms with E-state index in [0.29, 0.717) is 16.4 Å². The van der Waals surface area contributed by atoms with Crippen LogP contribution in [-0.4, -0.2) is 26.7 Å². The second kappa shape index (κ2) is 10.1. The third kappa shape index (κ3) is 6.40. The van der Waals surface area contributed by atoms with E-state index >= 15 is 0 Å². The predicted octanol–water partition coefficient (Wildman–Crippen LogP) is 5.27. The Hall–Kier alpha value is -2.68. The number of hydrogen-bond donors (Lipinski definition) is 2. The standard InChI is InChI=1S/C22H21ClN2O4S2/c1-15(30-20-11-9-19(29-2)10-12-20)22(26)24-17-7-13-21(14-8-17)31(27,28)25-18-5-3-16(23)4-6-18/h3-15,25H,1-2H3,(H,24,26). The van der Waals surface area contributed by atoms with Gasteiger partial charge in [-0.25, -0.2) is 8.42 Å². The number of ether oxygens (including phenoxy) is 1. The molecular weight excluding hydrogens is 456 g/mol. The van der Waals surface area contributed by atoms with Crippen LogP contribution in [0.25, 0.3) is 0 Å². The molecule has 0 aromatic heterocycles. The number of hydrogen-bond acceptors (Lipinski definition) is 5. The van der Waals surface area contributed by atoms with Crippen LogP contribution in [0.4, 0.5) is 11.4 Å². The van der Waals surface area contributed by atoms with E-state index < -0.39 is 10.0 Å². The maximum absolute atomic E-state index is 12.5. The van der Waals surface area contributed by atoms with Gasteiger partial charge in [0.15, 0.2) is 0 Å². The van der Waals surface area contributed by atoms with Crippen LogP contribution in [0.5, 0.6) is 5.75 Å². The highest BCUT2D eigenvalue weighted by molar-refractivity contribution is 8.00. The van der Waals surface area contributed by atoms with Crippen molar-refractivity contribution in [2.75, 3.05) is 17.1 Å². The van der Waals surface area contributed by atoms with Crippen molar-refractivity contribution >= 4 is 50.7 Å². The Balaban J connectivity index is 1.61. The summed E-state index contributed by atoms with van der Waals surface area (Å²) in [4.78, 5) is 13.5. The summed E-state index contributed by atoms with van der Waals surface area (Å²) in [5, 5.41) is 2.98. The summed E-state index contributed by atoms with van der Waals surface area (Å²) >= 11 is 7.24. The molecule has 0 saturated heterocycles. The Bertz CT molecular complexity index is 1130. The van der Waals surface area contributed by atoms with E-state index in [1.54, 1.807) is 50.4 Å². The largest absolute Gasteiger partial charge is 0.497 e. The van der Waals surface area contributed by atoms with E-state index in [4.69, 9.17) is 16.3 Å². The molecule has 0 fully saturated rings. The van der Waals surface area contributed by atoms with Crippen LogP contribution in [0.2, 0.25) is 5.02 Å². The first-order valence-electron chi connectivity index (χ1n) is 9.27. The lowest BCUT2D eigenvalue weighted by molar-refractivity contribution is -0.115. The normalized spacial score (nSPS) is 12.1. The number of benzene rings is 3. The molecule has 0 radical (unpaired) electrons. The summed E-state index contributed by atoms with van der Waals surface area (Å²) in [6.45, 7) is 1.80.